The Bertz CT molecular complexity index is 506. The molecule has 2 rings (SSSR count). The SMILES string of the molecule is CC(C)Oc1cccc(-c2ccccc2)c1CN. The summed E-state index contributed by atoms with van der Waals surface area (Å²) in [6, 6.07) is 16.3. The maximum Gasteiger partial charge on any atom is 0.124 e. The van der Waals surface area contributed by atoms with E-state index in [0.717, 1.165) is 16.9 Å². The second-order valence-corrected chi connectivity index (χ2v) is 4.52. The lowest BCUT2D eigenvalue weighted by atomic mass is 9.99. The van der Waals surface area contributed by atoms with Gasteiger partial charge in [0.1, 0.15) is 5.75 Å². The van der Waals surface area contributed by atoms with Gasteiger partial charge in [0.05, 0.1) is 6.10 Å². The number of benzene rings is 2. The molecular formula is C16H19NO. The highest BCUT2D eigenvalue weighted by Crippen LogP contribution is 2.30. The second kappa shape index (κ2) is 5.69. The Hall–Kier alpha value is -1.80. The van der Waals surface area contributed by atoms with Crippen molar-refractivity contribution < 1.29 is 4.74 Å². The number of ether oxygens (including phenoxy) is 1. The smallest absolute Gasteiger partial charge is 0.124 e. The van der Waals surface area contributed by atoms with Gasteiger partial charge in [0.25, 0.3) is 0 Å². The van der Waals surface area contributed by atoms with Crippen LogP contribution in [0.5, 0.6) is 5.75 Å². The average molecular weight is 241 g/mol. The molecule has 0 saturated carbocycles. The van der Waals surface area contributed by atoms with Gasteiger partial charge in [-0.1, -0.05) is 42.5 Å². The van der Waals surface area contributed by atoms with E-state index in [1.54, 1.807) is 0 Å². The fraction of sp³-hybridized carbons (Fsp3) is 0.250. The predicted octanol–water partition coefficient (Wildman–Crippen LogP) is 3.60. The standard InChI is InChI=1S/C16H19NO/c1-12(2)18-16-10-6-9-14(15(16)11-17)13-7-4-3-5-8-13/h3-10,12H,11,17H2,1-2H3. The minimum Gasteiger partial charge on any atom is -0.491 e. The molecule has 0 spiro atoms. The Morgan fingerprint density at radius 3 is 2.33 bits per heavy atom. The van der Waals surface area contributed by atoms with Gasteiger partial charge in [0, 0.05) is 12.1 Å². The molecule has 0 saturated heterocycles. The summed E-state index contributed by atoms with van der Waals surface area (Å²) in [5.74, 6) is 0.883. The molecule has 18 heavy (non-hydrogen) atoms. The van der Waals surface area contributed by atoms with Gasteiger partial charge in [0.2, 0.25) is 0 Å². The van der Waals surface area contributed by atoms with Crippen molar-refractivity contribution in [1.82, 2.24) is 0 Å². The monoisotopic (exact) mass is 241 g/mol. The van der Waals surface area contributed by atoms with Crippen molar-refractivity contribution in [3.05, 3.63) is 54.1 Å². The van der Waals surface area contributed by atoms with Crippen LogP contribution in [0, 0.1) is 0 Å². The molecule has 0 aliphatic rings. The van der Waals surface area contributed by atoms with Crippen LogP contribution in [0.1, 0.15) is 19.4 Å². The zero-order chi connectivity index (χ0) is 13.0. The lowest BCUT2D eigenvalue weighted by Gasteiger charge is -2.16. The molecule has 0 heterocycles. The Morgan fingerprint density at radius 1 is 1.00 bits per heavy atom. The lowest BCUT2D eigenvalue weighted by Crippen LogP contribution is -2.10. The van der Waals surface area contributed by atoms with E-state index in [1.165, 1.54) is 5.56 Å². The zero-order valence-electron chi connectivity index (χ0n) is 10.9. The van der Waals surface area contributed by atoms with E-state index in [0.29, 0.717) is 6.54 Å². The lowest BCUT2D eigenvalue weighted by molar-refractivity contribution is 0.240. The van der Waals surface area contributed by atoms with Crippen molar-refractivity contribution in [3.63, 3.8) is 0 Å². The van der Waals surface area contributed by atoms with Gasteiger partial charge >= 0.3 is 0 Å². The quantitative estimate of drug-likeness (QED) is 0.887. The van der Waals surface area contributed by atoms with E-state index >= 15 is 0 Å². The third kappa shape index (κ3) is 2.71. The van der Waals surface area contributed by atoms with Gasteiger partial charge in [-0.15, -0.1) is 0 Å². The van der Waals surface area contributed by atoms with Gasteiger partial charge < -0.3 is 10.5 Å². The highest BCUT2D eigenvalue weighted by molar-refractivity contribution is 5.70. The van der Waals surface area contributed by atoms with E-state index in [1.807, 2.05) is 44.2 Å². The van der Waals surface area contributed by atoms with Crippen molar-refractivity contribution in [3.8, 4) is 16.9 Å². The zero-order valence-corrected chi connectivity index (χ0v) is 10.9. The summed E-state index contributed by atoms with van der Waals surface area (Å²) < 4.78 is 5.82. The number of hydrogen-bond donors (Lipinski definition) is 1. The molecule has 0 aromatic heterocycles. The minimum absolute atomic E-state index is 0.154. The molecule has 0 aliphatic heterocycles. The van der Waals surface area contributed by atoms with Gasteiger partial charge in [-0.05, 0) is 31.0 Å². The molecule has 0 bridgehead atoms. The largest absolute Gasteiger partial charge is 0.491 e. The van der Waals surface area contributed by atoms with Crippen molar-refractivity contribution in [2.45, 2.75) is 26.5 Å². The molecule has 2 N–H and O–H groups in total. The summed E-state index contributed by atoms with van der Waals surface area (Å²) in [4.78, 5) is 0. The van der Waals surface area contributed by atoms with Crippen molar-refractivity contribution in [1.29, 1.82) is 0 Å². The van der Waals surface area contributed by atoms with Crippen molar-refractivity contribution in [2.75, 3.05) is 0 Å². The predicted molar refractivity (Wildman–Crippen MR) is 75.5 cm³/mol. The number of nitrogens with two attached hydrogens (primary N) is 1. The van der Waals surface area contributed by atoms with Gasteiger partial charge in [-0.3, -0.25) is 0 Å². The van der Waals surface area contributed by atoms with Crippen LogP contribution in [0.25, 0.3) is 11.1 Å². The fourth-order valence-corrected chi connectivity index (χ4v) is 2.03. The molecule has 2 nitrogen and oxygen atoms in total. The van der Waals surface area contributed by atoms with E-state index in [-0.39, 0.29) is 6.10 Å². The van der Waals surface area contributed by atoms with Crippen LogP contribution in [0.4, 0.5) is 0 Å². The Labute approximate surface area is 108 Å². The van der Waals surface area contributed by atoms with Crippen molar-refractivity contribution >= 4 is 0 Å². The molecule has 2 heteroatoms. The molecule has 2 aromatic carbocycles. The molecule has 0 fully saturated rings. The Morgan fingerprint density at radius 2 is 1.72 bits per heavy atom. The van der Waals surface area contributed by atoms with Crippen LogP contribution in [0.3, 0.4) is 0 Å². The summed E-state index contributed by atoms with van der Waals surface area (Å²) >= 11 is 0. The topological polar surface area (TPSA) is 35.2 Å². The summed E-state index contributed by atoms with van der Waals surface area (Å²) in [5.41, 5.74) is 9.27. The third-order valence-electron chi connectivity index (χ3n) is 2.78. The van der Waals surface area contributed by atoms with Crippen LogP contribution >= 0.6 is 0 Å². The molecular weight excluding hydrogens is 222 g/mol. The average Bonchev–Trinajstić information content (AvgIpc) is 2.39. The first-order chi connectivity index (χ1) is 8.72. The normalized spacial score (nSPS) is 10.7. The molecule has 0 amide bonds. The molecule has 0 radical (unpaired) electrons. The highest BCUT2D eigenvalue weighted by Gasteiger charge is 2.10. The van der Waals surface area contributed by atoms with Gasteiger partial charge in [-0.25, -0.2) is 0 Å². The molecule has 2 aromatic rings. The number of hydrogen-bond acceptors (Lipinski definition) is 2. The van der Waals surface area contributed by atoms with Crippen LogP contribution in [0.2, 0.25) is 0 Å². The molecule has 0 unspecified atom stereocenters. The van der Waals surface area contributed by atoms with E-state index in [4.69, 9.17) is 10.5 Å². The van der Waals surface area contributed by atoms with E-state index in [2.05, 4.69) is 18.2 Å². The first kappa shape index (κ1) is 12.7. The minimum atomic E-state index is 0.154. The summed E-state index contributed by atoms with van der Waals surface area (Å²) in [6.45, 7) is 4.53. The van der Waals surface area contributed by atoms with Gasteiger partial charge in [0.15, 0.2) is 0 Å². The maximum atomic E-state index is 5.88. The Kier molecular flexibility index (Phi) is 4.00. The van der Waals surface area contributed by atoms with Crippen LogP contribution < -0.4 is 10.5 Å². The first-order valence-electron chi connectivity index (χ1n) is 6.26. The van der Waals surface area contributed by atoms with Crippen LogP contribution in [-0.4, -0.2) is 6.10 Å². The van der Waals surface area contributed by atoms with Crippen molar-refractivity contribution in [2.24, 2.45) is 5.73 Å². The molecule has 0 aliphatic carbocycles. The summed E-state index contributed by atoms with van der Waals surface area (Å²) in [5, 5.41) is 0. The van der Waals surface area contributed by atoms with E-state index < -0.39 is 0 Å². The first-order valence-corrected chi connectivity index (χ1v) is 6.26. The van der Waals surface area contributed by atoms with Gasteiger partial charge in [-0.2, -0.15) is 0 Å². The summed E-state index contributed by atoms with van der Waals surface area (Å²) in [6.07, 6.45) is 0.154. The fourth-order valence-electron chi connectivity index (χ4n) is 2.03. The highest BCUT2D eigenvalue weighted by atomic mass is 16.5. The second-order valence-electron chi connectivity index (χ2n) is 4.52. The van der Waals surface area contributed by atoms with E-state index in [9.17, 15) is 0 Å². The maximum absolute atomic E-state index is 5.88. The van der Waals surface area contributed by atoms with Crippen LogP contribution in [-0.2, 0) is 6.54 Å². The Balaban J connectivity index is 2.48. The number of rotatable bonds is 4. The van der Waals surface area contributed by atoms with Crippen LogP contribution in [0.15, 0.2) is 48.5 Å². The third-order valence-corrected chi connectivity index (χ3v) is 2.78. The molecule has 94 valence electrons. The molecule has 0 atom stereocenters. The summed E-state index contributed by atoms with van der Waals surface area (Å²) in [7, 11) is 0.